The number of ether oxygens (including phenoxy) is 2. The first-order valence-electron chi connectivity index (χ1n) is 10.7. The Bertz CT molecular complexity index is 981. The Morgan fingerprint density at radius 2 is 1.77 bits per heavy atom. The summed E-state index contributed by atoms with van der Waals surface area (Å²) in [6.45, 7) is 4.92. The summed E-state index contributed by atoms with van der Waals surface area (Å²) >= 11 is 0. The number of benzene rings is 2. The summed E-state index contributed by atoms with van der Waals surface area (Å²) in [6.07, 6.45) is 2.73. The molecule has 1 atom stereocenters. The molecule has 1 unspecified atom stereocenters. The highest BCUT2D eigenvalue weighted by atomic mass is 16.5. The molecule has 2 aromatic rings. The normalized spacial score (nSPS) is 17.8. The van der Waals surface area contributed by atoms with Crippen molar-refractivity contribution in [1.82, 2.24) is 4.90 Å². The van der Waals surface area contributed by atoms with Crippen LogP contribution < -0.4 is 9.47 Å². The third kappa shape index (κ3) is 4.74. The van der Waals surface area contributed by atoms with E-state index < -0.39 is 17.7 Å². The number of ketones is 1. The summed E-state index contributed by atoms with van der Waals surface area (Å²) in [7, 11) is 1.53. The Balaban J connectivity index is 2.13. The number of Topliss-reactive ketones (excluding diaryl/α,β-unsaturated/α-hetero) is 1. The van der Waals surface area contributed by atoms with Crippen molar-refractivity contribution in [3.05, 3.63) is 65.2 Å². The fourth-order valence-corrected chi connectivity index (χ4v) is 3.86. The van der Waals surface area contributed by atoms with E-state index >= 15 is 0 Å². The molecule has 1 saturated heterocycles. The average molecular weight is 424 g/mol. The number of amides is 1. The predicted molar refractivity (Wildman–Crippen MR) is 119 cm³/mol. The Kier molecular flexibility index (Phi) is 7.34. The Hall–Kier alpha value is -3.28. The van der Waals surface area contributed by atoms with Crippen LogP contribution in [0.4, 0.5) is 0 Å². The van der Waals surface area contributed by atoms with E-state index in [1.54, 1.807) is 29.2 Å². The van der Waals surface area contributed by atoms with Crippen LogP contribution in [0.2, 0.25) is 0 Å². The second-order valence-electron chi connectivity index (χ2n) is 7.44. The number of likely N-dealkylation sites (tertiary alicyclic amines) is 1. The maximum atomic E-state index is 13.0. The molecule has 1 heterocycles. The van der Waals surface area contributed by atoms with Crippen LogP contribution in [0.15, 0.2) is 54.1 Å². The number of hydrogen-bond donors (Lipinski definition) is 1. The highest BCUT2D eigenvalue weighted by Gasteiger charge is 2.45. The lowest BCUT2D eigenvalue weighted by molar-refractivity contribution is -0.139. The molecule has 0 spiro atoms. The molecule has 0 aromatic heterocycles. The molecular formula is C25H29NO5. The summed E-state index contributed by atoms with van der Waals surface area (Å²) in [5.74, 6) is -0.269. The largest absolute Gasteiger partial charge is 0.507 e. The molecule has 2 aromatic carbocycles. The molecule has 0 saturated carbocycles. The second kappa shape index (κ2) is 10.2. The summed E-state index contributed by atoms with van der Waals surface area (Å²) in [4.78, 5) is 27.5. The lowest BCUT2D eigenvalue weighted by Gasteiger charge is -2.25. The number of carbonyl (C=O) groups is 2. The van der Waals surface area contributed by atoms with Gasteiger partial charge in [0.25, 0.3) is 11.7 Å². The maximum absolute atomic E-state index is 13.0. The van der Waals surface area contributed by atoms with Crippen LogP contribution in [0.5, 0.6) is 11.5 Å². The highest BCUT2D eigenvalue weighted by Crippen LogP contribution is 2.40. The van der Waals surface area contributed by atoms with Crippen molar-refractivity contribution < 1.29 is 24.2 Å². The monoisotopic (exact) mass is 423 g/mol. The average Bonchev–Trinajstić information content (AvgIpc) is 3.04. The van der Waals surface area contributed by atoms with E-state index in [4.69, 9.17) is 9.47 Å². The van der Waals surface area contributed by atoms with Gasteiger partial charge in [-0.2, -0.15) is 0 Å². The minimum Gasteiger partial charge on any atom is -0.507 e. The number of methoxy groups -OCH3 is 1. The number of nitrogens with zero attached hydrogens (tertiary/aromatic N) is 1. The van der Waals surface area contributed by atoms with Crippen molar-refractivity contribution in [3.8, 4) is 11.5 Å². The quantitative estimate of drug-likeness (QED) is 0.274. The van der Waals surface area contributed by atoms with Gasteiger partial charge in [-0.3, -0.25) is 9.59 Å². The van der Waals surface area contributed by atoms with E-state index in [1.165, 1.54) is 7.11 Å². The summed E-state index contributed by atoms with van der Waals surface area (Å²) in [5, 5.41) is 11.1. The number of aliphatic hydroxyl groups excluding tert-OH is 1. The summed E-state index contributed by atoms with van der Waals surface area (Å²) in [6, 6.07) is 13.5. The zero-order valence-corrected chi connectivity index (χ0v) is 18.3. The molecule has 0 bridgehead atoms. The van der Waals surface area contributed by atoms with Crippen LogP contribution >= 0.6 is 0 Å². The van der Waals surface area contributed by atoms with Crippen LogP contribution in [-0.4, -0.2) is 42.0 Å². The first kappa shape index (κ1) is 22.4. The van der Waals surface area contributed by atoms with Gasteiger partial charge in [0.15, 0.2) is 0 Å². The van der Waals surface area contributed by atoms with Crippen LogP contribution in [-0.2, 0) is 9.59 Å². The first-order valence-corrected chi connectivity index (χ1v) is 10.7. The summed E-state index contributed by atoms with van der Waals surface area (Å²) < 4.78 is 10.9. The molecule has 31 heavy (non-hydrogen) atoms. The number of hydrogen-bond acceptors (Lipinski definition) is 5. The van der Waals surface area contributed by atoms with Gasteiger partial charge in [-0.1, -0.05) is 44.0 Å². The Morgan fingerprint density at radius 3 is 2.48 bits per heavy atom. The SMILES string of the molecule is CCCCCN1C(=O)C(=O)/C(=C(\O)c2cccc(OC)c2)C1c1cccc(OCC)c1. The van der Waals surface area contributed by atoms with E-state index in [-0.39, 0.29) is 11.3 Å². The fraction of sp³-hybridized carbons (Fsp3) is 0.360. The van der Waals surface area contributed by atoms with E-state index in [9.17, 15) is 14.7 Å². The zero-order chi connectivity index (χ0) is 22.4. The van der Waals surface area contributed by atoms with Gasteiger partial charge in [0, 0.05) is 12.1 Å². The van der Waals surface area contributed by atoms with E-state index in [0.29, 0.717) is 30.2 Å². The number of unbranched alkanes of at least 4 members (excludes halogenated alkanes) is 2. The van der Waals surface area contributed by atoms with Crippen molar-refractivity contribution in [3.63, 3.8) is 0 Å². The number of rotatable bonds is 9. The van der Waals surface area contributed by atoms with Crippen molar-refractivity contribution in [2.75, 3.05) is 20.3 Å². The first-order chi connectivity index (χ1) is 15.0. The molecule has 1 amide bonds. The molecule has 0 radical (unpaired) electrons. The topological polar surface area (TPSA) is 76.1 Å². The molecule has 0 aliphatic carbocycles. The lowest BCUT2D eigenvalue weighted by Crippen LogP contribution is -2.30. The van der Waals surface area contributed by atoms with Gasteiger partial charge in [-0.15, -0.1) is 0 Å². The van der Waals surface area contributed by atoms with Crippen molar-refractivity contribution >= 4 is 17.4 Å². The maximum Gasteiger partial charge on any atom is 0.295 e. The Labute approximate surface area is 183 Å². The lowest BCUT2D eigenvalue weighted by atomic mass is 9.95. The Morgan fingerprint density at radius 1 is 1.03 bits per heavy atom. The standard InChI is InChI=1S/C25H29NO5/c1-4-6-7-14-26-22(17-10-8-13-20(15-17)31-5-2)21(24(28)25(26)29)23(27)18-11-9-12-19(16-18)30-3/h8-13,15-16,22,27H,4-7,14H2,1-3H3/b23-21-. The highest BCUT2D eigenvalue weighted by molar-refractivity contribution is 6.46. The minimum absolute atomic E-state index is 0.0865. The third-order valence-electron chi connectivity index (χ3n) is 5.37. The number of aliphatic hydroxyl groups is 1. The molecule has 164 valence electrons. The third-order valence-corrected chi connectivity index (χ3v) is 5.37. The summed E-state index contributed by atoms with van der Waals surface area (Å²) in [5.41, 5.74) is 1.24. The van der Waals surface area contributed by atoms with Gasteiger partial charge >= 0.3 is 0 Å². The predicted octanol–water partition coefficient (Wildman–Crippen LogP) is 4.71. The molecule has 1 fully saturated rings. The van der Waals surface area contributed by atoms with Crippen molar-refractivity contribution in [2.24, 2.45) is 0 Å². The van der Waals surface area contributed by atoms with Crippen LogP contribution in [0.25, 0.3) is 5.76 Å². The van der Waals surface area contributed by atoms with Gasteiger partial charge in [0.05, 0.1) is 25.3 Å². The van der Waals surface area contributed by atoms with E-state index in [1.807, 2.05) is 31.2 Å². The molecule has 3 rings (SSSR count). The van der Waals surface area contributed by atoms with Gasteiger partial charge < -0.3 is 19.5 Å². The van der Waals surface area contributed by atoms with E-state index in [0.717, 1.165) is 24.8 Å². The molecule has 6 heteroatoms. The molecular weight excluding hydrogens is 394 g/mol. The minimum atomic E-state index is -0.677. The van der Waals surface area contributed by atoms with Crippen LogP contribution in [0.3, 0.4) is 0 Å². The molecule has 1 aliphatic heterocycles. The molecule has 1 aliphatic rings. The molecule has 1 N–H and O–H groups in total. The second-order valence-corrected chi connectivity index (χ2v) is 7.44. The van der Waals surface area contributed by atoms with Crippen LogP contribution in [0.1, 0.15) is 50.3 Å². The van der Waals surface area contributed by atoms with Gasteiger partial charge in [0.2, 0.25) is 0 Å². The fourth-order valence-electron chi connectivity index (χ4n) is 3.86. The van der Waals surface area contributed by atoms with Crippen molar-refractivity contribution in [1.29, 1.82) is 0 Å². The van der Waals surface area contributed by atoms with E-state index in [2.05, 4.69) is 6.92 Å². The van der Waals surface area contributed by atoms with Gasteiger partial charge in [0.1, 0.15) is 17.3 Å². The van der Waals surface area contributed by atoms with Crippen LogP contribution in [0, 0.1) is 0 Å². The molecule has 6 nitrogen and oxygen atoms in total. The van der Waals surface area contributed by atoms with Gasteiger partial charge in [-0.25, -0.2) is 0 Å². The zero-order valence-electron chi connectivity index (χ0n) is 18.3. The number of carbonyl (C=O) groups excluding carboxylic acids is 2. The van der Waals surface area contributed by atoms with Crippen molar-refractivity contribution in [2.45, 2.75) is 39.2 Å². The smallest absolute Gasteiger partial charge is 0.295 e. The van der Waals surface area contributed by atoms with Gasteiger partial charge in [-0.05, 0) is 43.2 Å².